The molecule has 0 fully saturated rings. The molecule has 1 atom stereocenters. The molecule has 0 spiro atoms. The summed E-state index contributed by atoms with van der Waals surface area (Å²) in [5, 5.41) is 21.0. The maximum absolute atomic E-state index is 10.2. The Hall–Kier alpha value is -2.62. The van der Waals surface area contributed by atoms with Gasteiger partial charge in [0.15, 0.2) is 0 Å². The first-order chi connectivity index (χ1) is 13.3. The Balaban J connectivity index is 1.75. The molecule has 27 heavy (non-hydrogen) atoms. The highest BCUT2D eigenvalue weighted by Gasteiger charge is 2.10. The fourth-order valence-electron chi connectivity index (χ4n) is 3.66. The molecule has 0 aliphatic rings. The molecule has 1 unspecified atom stereocenters. The first-order valence-electron chi connectivity index (χ1n) is 9.61. The van der Waals surface area contributed by atoms with Gasteiger partial charge in [-0.05, 0) is 39.4 Å². The second-order valence-electron chi connectivity index (χ2n) is 6.96. The van der Waals surface area contributed by atoms with E-state index in [1.165, 1.54) is 32.3 Å². The summed E-state index contributed by atoms with van der Waals surface area (Å²) in [5.74, 6) is 0. The monoisotopic (exact) mass is 359 g/mol. The van der Waals surface area contributed by atoms with Gasteiger partial charge >= 0.3 is 0 Å². The van der Waals surface area contributed by atoms with Crippen molar-refractivity contribution in [2.75, 3.05) is 25.1 Å². The molecule has 138 valence electrons. The molecule has 0 saturated carbocycles. The lowest BCUT2D eigenvalue weighted by molar-refractivity contribution is 0.0437. The maximum Gasteiger partial charge on any atom is 0.0945 e. The van der Waals surface area contributed by atoms with Crippen molar-refractivity contribution in [1.29, 1.82) is 0 Å². The van der Waals surface area contributed by atoms with Crippen molar-refractivity contribution in [3.63, 3.8) is 0 Å². The summed E-state index contributed by atoms with van der Waals surface area (Å²) in [6.07, 6.45) is 0.432. The Morgan fingerprint density at radius 3 is 2.37 bits per heavy atom. The summed E-state index contributed by atoms with van der Waals surface area (Å²) in [7, 11) is 0. The molecule has 3 heteroatoms. The standard InChI is InChI=1S/C24H25NO2/c1-2-13-27-16-18(26)15-25-24-14-23-19-8-4-3-7-17(19)11-12-21(23)20-9-5-6-10-22(20)24/h3-12,14,18,25-26H,2,13,15-16H2,1H3. The van der Waals surface area contributed by atoms with E-state index in [0.717, 1.165) is 12.1 Å². The van der Waals surface area contributed by atoms with E-state index in [4.69, 9.17) is 4.74 Å². The quantitative estimate of drug-likeness (QED) is 0.345. The van der Waals surface area contributed by atoms with Crippen molar-refractivity contribution in [2.45, 2.75) is 19.4 Å². The molecule has 4 rings (SSSR count). The third kappa shape index (κ3) is 3.61. The van der Waals surface area contributed by atoms with Crippen LogP contribution in [-0.2, 0) is 4.74 Å². The van der Waals surface area contributed by atoms with Gasteiger partial charge in [-0.2, -0.15) is 0 Å². The average Bonchev–Trinajstić information content (AvgIpc) is 2.72. The van der Waals surface area contributed by atoms with Gasteiger partial charge in [0.05, 0.1) is 12.7 Å². The Morgan fingerprint density at radius 1 is 0.852 bits per heavy atom. The van der Waals surface area contributed by atoms with Crippen LogP contribution in [-0.4, -0.2) is 31.0 Å². The highest BCUT2D eigenvalue weighted by molar-refractivity contribution is 6.20. The van der Waals surface area contributed by atoms with E-state index < -0.39 is 6.10 Å². The summed E-state index contributed by atoms with van der Waals surface area (Å²) in [6.45, 7) is 3.57. The second kappa shape index (κ2) is 7.95. The van der Waals surface area contributed by atoms with Crippen LogP contribution >= 0.6 is 0 Å². The van der Waals surface area contributed by atoms with Crippen LogP contribution < -0.4 is 5.32 Å². The fourth-order valence-corrected chi connectivity index (χ4v) is 3.66. The normalized spacial score (nSPS) is 12.7. The van der Waals surface area contributed by atoms with E-state index in [2.05, 4.69) is 79.0 Å². The number of aliphatic hydroxyl groups is 1. The Kier molecular flexibility index (Phi) is 5.23. The van der Waals surface area contributed by atoms with E-state index in [0.29, 0.717) is 19.8 Å². The molecule has 4 aromatic rings. The molecule has 2 N–H and O–H groups in total. The summed E-state index contributed by atoms with van der Waals surface area (Å²) >= 11 is 0. The number of nitrogens with one attached hydrogen (secondary N) is 1. The minimum Gasteiger partial charge on any atom is -0.389 e. The smallest absolute Gasteiger partial charge is 0.0945 e. The zero-order valence-electron chi connectivity index (χ0n) is 15.6. The van der Waals surface area contributed by atoms with Crippen molar-refractivity contribution in [2.24, 2.45) is 0 Å². The van der Waals surface area contributed by atoms with Gasteiger partial charge < -0.3 is 15.2 Å². The maximum atomic E-state index is 10.2. The number of anilines is 1. The van der Waals surface area contributed by atoms with E-state index in [1.807, 2.05) is 0 Å². The first-order valence-corrected chi connectivity index (χ1v) is 9.61. The number of fused-ring (bicyclic) bond motifs is 5. The highest BCUT2D eigenvalue weighted by atomic mass is 16.5. The van der Waals surface area contributed by atoms with Gasteiger partial charge in [-0.3, -0.25) is 0 Å². The highest BCUT2D eigenvalue weighted by Crippen LogP contribution is 2.35. The molecule has 0 heterocycles. The molecular weight excluding hydrogens is 334 g/mol. The molecule has 3 nitrogen and oxygen atoms in total. The van der Waals surface area contributed by atoms with Crippen LogP contribution in [0.4, 0.5) is 5.69 Å². The number of hydrogen-bond acceptors (Lipinski definition) is 3. The molecule has 0 saturated heterocycles. The van der Waals surface area contributed by atoms with Gasteiger partial charge in [0.25, 0.3) is 0 Å². The number of rotatable bonds is 7. The van der Waals surface area contributed by atoms with E-state index >= 15 is 0 Å². The molecule has 0 amide bonds. The van der Waals surface area contributed by atoms with Crippen molar-refractivity contribution >= 4 is 38.0 Å². The molecule has 0 aliphatic carbocycles. The van der Waals surface area contributed by atoms with Crippen molar-refractivity contribution in [1.82, 2.24) is 0 Å². The third-order valence-corrected chi connectivity index (χ3v) is 4.95. The minimum atomic E-state index is -0.529. The van der Waals surface area contributed by atoms with Crippen LogP contribution in [0.25, 0.3) is 32.3 Å². The molecular formula is C24H25NO2. The van der Waals surface area contributed by atoms with Gasteiger partial charge in [-0.25, -0.2) is 0 Å². The summed E-state index contributed by atoms with van der Waals surface area (Å²) in [4.78, 5) is 0. The van der Waals surface area contributed by atoms with Crippen LogP contribution in [0.1, 0.15) is 13.3 Å². The van der Waals surface area contributed by atoms with E-state index in [1.54, 1.807) is 0 Å². The van der Waals surface area contributed by atoms with Crippen LogP contribution in [0.3, 0.4) is 0 Å². The van der Waals surface area contributed by atoms with E-state index in [-0.39, 0.29) is 0 Å². The SMILES string of the molecule is CCCOCC(O)CNc1cc2c3ccccc3ccc2c2ccccc12. The van der Waals surface area contributed by atoms with Crippen LogP contribution in [0.2, 0.25) is 0 Å². The lowest BCUT2D eigenvalue weighted by Crippen LogP contribution is -2.25. The predicted octanol–water partition coefficient (Wildman–Crippen LogP) is 5.35. The summed E-state index contributed by atoms with van der Waals surface area (Å²) < 4.78 is 5.46. The largest absolute Gasteiger partial charge is 0.389 e. The Bertz CT molecular complexity index is 1070. The lowest BCUT2D eigenvalue weighted by Gasteiger charge is -2.17. The van der Waals surface area contributed by atoms with Gasteiger partial charge in [-0.1, -0.05) is 67.6 Å². The zero-order valence-corrected chi connectivity index (χ0v) is 15.6. The van der Waals surface area contributed by atoms with Crippen molar-refractivity contribution in [3.8, 4) is 0 Å². The fraction of sp³-hybridized carbons (Fsp3) is 0.250. The summed E-state index contributed by atoms with van der Waals surface area (Å²) in [5.41, 5.74) is 1.05. The van der Waals surface area contributed by atoms with Crippen molar-refractivity contribution in [3.05, 3.63) is 66.7 Å². The van der Waals surface area contributed by atoms with Gasteiger partial charge in [-0.15, -0.1) is 0 Å². The minimum absolute atomic E-state index is 0.356. The van der Waals surface area contributed by atoms with Crippen molar-refractivity contribution < 1.29 is 9.84 Å². The number of ether oxygens (including phenoxy) is 1. The first kappa shape index (κ1) is 17.8. The van der Waals surface area contributed by atoms with Gasteiger partial charge in [0.1, 0.15) is 0 Å². The van der Waals surface area contributed by atoms with Crippen LogP contribution in [0.5, 0.6) is 0 Å². The molecule has 0 aromatic heterocycles. The third-order valence-electron chi connectivity index (χ3n) is 4.95. The molecule has 0 radical (unpaired) electrons. The van der Waals surface area contributed by atoms with Crippen LogP contribution in [0.15, 0.2) is 66.7 Å². The molecule has 4 aromatic carbocycles. The number of benzene rings is 4. The Morgan fingerprint density at radius 2 is 1.56 bits per heavy atom. The second-order valence-corrected chi connectivity index (χ2v) is 6.96. The Labute approximate surface area is 159 Å². The zero-order chi connectivity index (χ0) is 18.6. The van der Waals surface area contributed by atoms with E-state index in [9.17, 15) is 5.11 Å². The van der Waals surface area contributed by atoms with Gasteiger partial charge in [0.2, 0.25) is 0 Å². The van der Waals surface area contributed by atoms with Gasteiger partial charge in [0, 0.05) is 24.2 Å². The average molecular weight is 359 g/mol. The number of aliphatic hydroxyl groups excluding tert-OH is 1. The van der Waals surface area contributed by atoms with Crippen LogP contribution in [0, 0.1) is 0 Å². The predicted molar refractivity (Wildman–Crippen MR) is 115 cm³/mol. The topological polar surface area (TPSA) is 41.5 Å². The number of hydrogen-bond donors (Lipinski definition) is 2. The summed E-state index contributed by atoms with van der Waals surface area (Å²) in [6, 6.07) is 23.5. The molecule has 0 bridgehead atoms. The molecule has 0 aliphatic heterocycles. The lowest BCUT2D eigenvalue weighted by atomic mass is 9.96.